The number of nitrogens with zero attached hydrogens (tertiary/aromatic N) is 1. The smallest absolute Gasteiger partial charge is 0.256 e. The number of hydrogen-bond donors (Lipinski definition) is 2. The molecule has 0 unspecified atom stereocenters. The quantitative estimate of drug-likeness (QED) is 0.807. The molecule has 0 radical (unpaired) electrons. The Morgan fingerprint density at radius 3 is 2.69 bits per heavy atom. The van der Waals surface area contributed by atoms with Gasteiger partial charge in [0.2, 0.25) is 0 Å². The summed E-state index contributed by atoms with van der Waals surface area (Å²) in [5.74, 6) is 0.468. The molecule has 82 valence electrons. The van der Waals surface area contributed by atoms with Gasteiger partial charge in [0.15, 0.2) is 0 Å². The highest BCUT2D eigenvalue weighted by molar-refractivity contribution is 6.03. The van der Waals surface area contributed by atoms with Crippen molar-refractivity contribution in [3.05, 3.63) is 47.2 Å². The first kappa shape index (κ1) is 10.4. The molecule has 0 spiro atoms. The largest absolute Gasteiger partial charge is 0.307 e. The molecule has 2 aromatic rings. The number of carbonyl (C=O) groups is 1. The monoisotopic (exact) mass is 215 g/mol. The topological polar surface area (TPSA) is 57.8 Å². The maximum absolute atomic E-state index is 11.8. The second-order valence-electron chi connectivity index (χ2n) is 3.72. The van der Waals surface area contributed by atoms with Crippen LogP contribution in [0.4, 0.5) is 5.82 Å². The van der Waals surface area contributed by atoms with Gasteiger partial charge in [-0.1, -0.05) is 6.07 Å². The van der Waals surface area contributed by atoms with Crippen molar-refractivity contribution < 1.29 is 4.79 Å². The normalized spacial score (nSPS) is 10.1. The molecule has 2 rings (SSSR count). The van der Waals surface area contributed by atoms with E-state index in [0.717, 1.165) is 5.56 Å². The Kier molecular flexibility index (Phi) is 2.72. The van der Waals surface area contributed by atoms with Crippen molar-refractivity contribution in [2.45, 2.75) is 13.8 Å². The molecular weight excluding hydrogens is 202 g/mol. The Morgan fingerprint density at radius 1 is 1.25 bits per heavy atom. The highest BCUT2D eigenvalue weighted by Crippen LogP contribution is 2.11. The Morgan fingerprint density at radius 2 is 2.06 bits per heavy atom. The summed E-state index contributed by atoms with van der Waals surface area (Å²) in [6.45, 7) is 4.01. The van der Waals surface area contributed by atoms with E-state index >= 15 is 0 Å². The van der Waals surface area contributed by atoms with Crippen LogP contribution in [0.5, 0.6) is 0 Å². The molecule has 0 saturated heterocycles. The molecule has 2 N–H and O–H groups in total. The number of amides is 1. The Hall–Kier alpha value is -2.10. The molecular formula is C12H13N3O. The fraction of sp³-hybridized carbons (Fsp3) is 0.167. The van der Waals surface area contributed by atoms with Crippen molar-refractivity contribution in [1.29, 1.82) is 0 Å². The van der Waals surface area contributed by atoms with Crippen molar-refractivity contribution in [1.82, 2.24) is 10.2 Å². The maximum atomic E-state index is 11.8. The summed E-state index contributed by atoms with van der Waals surface area (Å²) in [5, 5.41) is 9.17. The second-order valence-corrected chi connectivity index (χ2v) is 3.72. The van der Waals surface area contributed by atoms with E-state index in [0.29, 0.717) is 11.4 Å². The number of rotatable bonds is 2. The zero-order valence-corrected chi connectivity index (χ0v) is 9.24. The summed E-state index contributed by atoms with van der Waals surface area (Å²) < 4.78 is 0. The van der Waals surface area contributed by atoms with Gasteiger partial charge in [-0.3, -0.25) is 9.89 Å². The summed E-state index contributed by atoms with van der Waals surface area (Å²) in [6.07, 6.45) is 1.59. The molecule has 0 fully saturated rings. The van der Waals surface area contributed by atoms with Crippen LogP contribution in [-0.4, -0.2) is 16.1 Å². The van der Waals surface area contributed by atoms with Gasteiger partial charge < -0.3 is 5.32 Å². The molecule has 1 heterocycles. The Bertz CT molecular complexity index is 503. The van der Waals surface area contributed by atoms with E-state index in [1.807, 2.05) is 32.0 Å². The average Bonchev–Trinajstić information content (AvgIpc) is 2.74. The summed E-state index contributed by atoms with van der Waals surface area (Å²) in [7, 11) is 0. The minimum Gasteiger partial charge on any atom is -0.307 e. The van der Waals surface area contributed by atoms with Crippen molar-refractivity contribution in [2.75, 3.05) is 5.32 Å². The van der Waals surface area contributed by atoms with Gasteiger partial charge in [0.05, 0.1) is 6.20 Å². The summed E-state index contributed by atoms with van der Waals surface area (Å²) in [5.41, 5.74) is 2.94. The molecule has 0 aliphatic heterocycles. The van der Waals surface area contributed by atoms with Gasteiger partial charge in [0.25, 0.3) is 5.91 Å². The first-order valence-corrected chi connectivity index (χ1v) is 5.05. The van der Waals surface area contributed by atoms with E-state index in [1.165, 1.54) is 5.56 Å². The molecule has 16 heavy (non-hydrogen) atoms. The van der Waals surface area contributed by atoms with Crippen LogP contribution in [0.15, 0.2) is 30.5 Å². The van der Waals surface area contributed by atoms with Crippen LogP contribution >= 0.6 is 0 Å². The number of nitrogens with one attached hydrogen (secondary N) is 2. The fourth-order valence-corrected chi connectivity index (χ4v) is 1.40. The number of aromatic nitrogens is 2. The van der Waals surface area contributed by atoms with Gasteiger partial charge in [-0.05, 0) is 37.1 Å². The molecule has 0 aliphatic rings. The molecule has 0 bridgehead atoms. The van der Waals surface area contributed by atoms with Crippen LogP contribution in [-0.2, 0) is 0 Å². The van der Waals surface area contributed by atoms with Gasteiger partial charge in [0.1, 0.15) is 5.82 Å². The summed E-state index contributed by atoms with van der Waals surface area (Å²) >= 11 is 0. The zero-order chi connectivity index (χ0) is 11.5. The van der Waals surface area contributed by atoms with E-state index in [-0.39, 0.29) is 5.91 Å². The number of aromatic amines is 1. The number of anilines is 1. The lowest BCUT2D eigenvalue weighted by Gasteiger charge is -2.05. The lowest BCUT2D eigenvalue weighted by atomic mass is 10.1. The Balaban J connectivity index is 2.18. The van der Waals surface area contributed by atoms with Crippen molar-refractivity contribution in [3.8, 4) is 0 Å². The molecule has 4 nitrogen and oxygen atoms in total. The summed E-state index contributed by atoms with van der Waals surface area (Å²) in [6, 6.07) is 7.34. The highest BCUT2D eigenvalue weighted by atomic mass is 16.1. The van der Waals surface area contributed by atoms with Crippen LogP contribution in [0.25, 0.3) is 0 Å². The standard InChI is InChI=1S/C12H13N3O/c1-8-3-4-10(7-9(8)2)12(16)14-11-5-6-13-15-11/h3-7H,1-2H3,(H2,13,14,15,16). The predicted molar refractivity (Wildman–Crippen MR) is 62.5 cm³/mol. The molecule has 0 atom stereocenters. The van der Waals surface area contributed by atoms with E-state index in [2.05, 4.69) is 15.5 Å². The molecule has 1 aromatic heterocycles. The molecule has 0 saturated carbocycles. The van der Waals surface area contributed by atoms with Crippen LogP contribution in [0, 0.1) is 13.8 Å². The SMILES string of the molecule is Cc1ccc(C(=O)Nc2ccn[nH]2)cc1C. The number of benzene rings is 1. The third kappa shape index (κ3) is 2.11. The number of carbonyl (C=O) groups excluding carboxylic acids is 1. The molecule has 0 aliphatic carbocycles. The highest BCUT2D eigenvalue weighted by Gasteiger charge is 2.07. The average molecular weight is 215 g/mol. The fourth-order valence-electron chi connectivity index (χ4n) is 1.40. The zero-order valence-electron chi connectivity index (χ0n) is 9.24. The van der Waals surface area contributed by atoms with Gasteiger partial charge >= 0.3 is 0 Å². The molecule has 4 heteroatoms. The van der Waals surface area contributed by atoms with Crippen LogP contribution in [0.3, 0.4) is 0 Å². The lowest BCUT2D eigenvalue weighted by molar-refractivity contribution is 0.102. The number of H-pyrrole nitrogens is 1. The van der Waals surface area contributed by atoms with E-state index in [4.69, 9.17) is 0 Å². The minimum atomic E-state index is -0.132. The van der Waals surface area contributed by atoms with Crippen molar-refractivity contribution in [2.24, 2.45) is 0 Å². The third-order valence-corrected chi connectivity index (χ3v) is 2.52. The van der Waals surface area contributed by atoms with Gasteiger partial charge in [-0.2, -0.15) is 5.10 Å². The Labute approximate surface area is 93.7 Å². The van der Waals surface area contributed by atoms with E-state index in [1.54, 1.807) is 12.3 Å². The van der Waals surface area contributed by atoms with E-state index in [9.17, 15) is 4.79 Å². The minimum absolute atomic E-state index is 0.132. The maximum Gasteiger partial charge on any atom is 0.256 e. The van der Waals surface area contributed by atoms with E-state index < -0.39 is 0 Å². The first-order valence-electron chi connectivity index (χ1n) is 5.05. The second kappa shape index (κ2) is 4.18. The van der Waals surface area contributed by atoms with Crippen molar-refractivity contribution >= 4 is 11.7 Å². The van der Waals surface area contributed by atoms with Gasteiger partial charge in [-0.25, -0.2) is 0 Å². The first-order chi connectivity index (χ1) is 7.66. The molecule has 1 aromatic carbocycles. The lowest BCUT2D eigenvalue weighted by Crippen LogP contribution is -2.12. The van der Waals surface area contributed by atoms with Crippen LogP contribution in [0.1, 0.15) is 21.5 Å². The van der Waals surface area contributed by atoms with Gasteiger partial charge in [0, 0.05) is 11.6 Å². The van der Waals surface area contributed by atoms with Crippen LogP contribution < -0.4 is 5.32 Å². The third-order valence-electron chi connectivity index (χ3n) is 2.52. The molecule has 1 amide bonds. The predicted octanol–water partition coefficient (Wildman–Crippen LogP) is 2.28. The van der Waals surface area contributed by atoms with Crippen LogP contribution in [0.2, 0.25) is 0 Å². The summed E-state index contributed by atoms with van der Waals surface area (Å²) in [4.78, 5) is 11.8. The van der Waals surface area contributed by atoms with Gasteiger partial charge in [-0.15, -0.1) is 0 Å². The van der Waals surface area contributed by atoms with Crippen molar-refractivity contribution in [3.63, 3.8) is 0 Å². The number of hydrogen-bond acceptors (Lipinski definition) is 2. The number of aryl methyl sites for hydroxylation is 2.